The minimum absolute atomic E-state index is 0.209. The van der Waals surface area contributed by atoms with Gasteiger partial charge in [-0.2, -0.15) is 12.6 Å². The van der Waals surface area contributed by atoms with Crippen molar-refractivity contribution in [3.05, 3.63) is 0 Å². The van der Waals surface area contributed by atoms with Crippen LogP contribution in [-0.4, -0.2) is 55.7 Å². The normalized spacial score (nSPS) is 13.8. The minimum Gasteiger partial charge on any atom is -0.395 e. The zero-order chi connectivity index (χ0) is 11.7. The first kappa shape index (κ1) is 15.2. The standard InChI is InChI=1S/C11H25NO2S/c1-10(2)11(9-15)8-12(4-6-13)5-7-14-3/h10-11,13,15H,4-9H2,1-3H3. The second-order valence-electron chi connectivity index (χ2n) is 4.20. The number of rotatable bonds is 9. The summed E-state index contributed by atoms with van der Waals surface area (Å²) >= 11 is 4.37. The van der Waals surface area contributed by atoms with Crippen LogP contribution in [0.15, 0.2) is 0 Å². The first-order chi connectivity index (χ1) is 7.15. The molecule has 1 unspecified atom stereocenters. The van der Waals surface area contributed by atoms with E-state index in [2.05, 4.69) is 31.4 Å². The second kappa shape index (κ2) is 9.46. The number of hydrogen-bond donors (Lipinski definition) is 2. The van der Waals surface area contributed by atoms with Gasteiger partial charge in [-0.05, 0) is 17.6 Å². The molecule has 0 aliphatic carbocycles. The van der Waals surface area contributed by atoms with Gasteiger partial charge in [0.15, 0.2) is 0 Å². The van der Waals surface area contributed by atoms with Gasteiger partial charge in [0.1, 0.15) is 0 Å². The van der Waals surface area contributed by atoms with Gasteiger partial charge in [0, 0.05) is 26.7 Å². The predicted molar refractivity (Wildman–Crippen MR) is 67.6 cm³/mol. The van der Waals surface area contributed by atoms with Crippen LogP contribution in [0.4, 0.5) is 0 Å². The summed E-state index contributed by atoms with van der Waals surface area (Å²) in [5, 5.41) is 8.96. The Morgan fingerprint density at radius 2 is 2.00 bits per heavy atom. The molecule has 0 bridgehead atoms. The van der Waals surface area contributed by atoms with E-state index in [0.29, 0.717) is 11.8 Å². The SMILES string of the molecule is COCCN(CCO)CC(CS)C(C)C. The molecule has 0 rings (SSSR count). The van der Waals surface area contributed by atoms with Gasteiger partial charge in [-0.3, -0.25) is 4.90 Å². The van der Waals surface area contributed by atoms with E-state index in [1.807, 2.05) is 0 Å². The lowest BCUT2D eigenvalue weighted by Gasteiger charge is -2.28. The van der Waals surface area contributed by atoms with Gasteiger partial charge in [-0.15, -0.1) is 0 Å². The number of ether oxygens (including phenoxy) is 1. The lowest BCUT2D eigenvalue weighted by Crippen LogP contribution is -2.36. The fourth-order valence-corrected chi connectivity index (χ4v) is 2.00. The van der Waals surface area contributed by atoms with Crippen LogP contribution in [0.3, 0.4) is 0 Å². The molecule has 0 aromatic heterocycles. The maximum atomic E-state index is 8.96. The lowest BCUT2D eigenvalue weighted by atomic mass is 9.97. The second-order valence-corrected chi connectivity index (χ2v) is 4.57. The van der Waals surface area contributed by atoms with E-state index >= 15 is 0 Å². The molecule has 0 radical (unpaired) electrons. The van der Waals surface area contributed by atoms with Crippen molar-refractivity contribution in [3.63, 3.8) is 0 Å². The minimum atomic E-state index is 0.209. The van der Waals surface area contributed by atoms with Crippen LogP contribution in [0.1, 0.15) is 13.8 Å². The molecule has 0 aliphatic rings. The summed E-state index contributed by atoms with van der Waals surface area (Å²) < 4.78 is 5.05. The molecular formula is C11H25NO2S. The lowest BCUT2D eigenvalue weighted by molar-refractivity contribution is 0.115. The topological polar surface area (TPSA) is 32.7 Å². The van der Waals surface area contributed by atoms with Crippen LogP contribution < -0.4 is 0 Å². The Morgan fingerprint density at radius 1 is 1.33 bits per heavy atom. The van der Waals surface area contributed by atoms with Crippen molar-refractivity contribution in [2.24, 2.45) is 11.8 Å². The third-order valence-corrected chi connectivity index (χ3v) is 3.17. The highest BCUT2D eigenvalue weighted by molar-refractivity contribution is 7.80. The van der Waals surface area contributed by atoms with Crippen LogP contribution in [-0.2, 0) is 4.74 Å². The predicted octanol–water partition coefficient (Wildman–Crippen LogP) is 1.13. The summed E-state index contributed by atoms with van der Waals surface area (Å²) in [6.07, 6.45) is 0. The van der Waals surface area contributed by atoms with Crippen LogP contribution in [0, 0.1) is 11.8 Å². The zero-order valence-electron chi connectivity index (χ0n) is 10.1. The largest absolute Gasteiger partial charge is 0.395 e. The van der Waals surface area contributed by atoms with Crippen LogP contribution in [0.2, 0.25) is 0 Å². The van der Waals surface area contributed by atoms with Crippen molar-refractivity contribution in [2.75, 3.05) is 45.7 Å². The number of hydrogen-bond acceptors (Lipinski definition) is 4. The molecule has 3 nitrogen and oxygen atoms in total. The smallest absolute Gasteiger partial charge is 0.0589 e. The molecule has 1 atom stereocenters. The maximum Gasteiger partial charge on any atom is 0.0589 e. The Bertz CT molecular complexity index is 145. The molecule has 0 fully saturated rings. The van der Waals surface area contributed by atoms with Crippen LogP contribution in [0.25, 0.3) is 0 Å². The molecule has 15 heavy (non-hydrogen) atoms. The van der Waals surface area contributed by atoms with Gasteiger partial charge in [0.25, 0.3) is 0 Å². The summed E-state index contributed by atoms with van der Waals surface area (Å²) in [4.78, 5) is 2.24. The monoisotopic (exact) mass is 235 g/mol. The van der Waals surface area contributed by atoms with E-state index < -0.39 is 0 Å². The van der Waals surface area contributed by atoms with Crippen molar-refractivity contribution < 1.29 is 9.84 Å². The van der Waals surface area contributed by atoms with Gasteiger partial charge in [-0.25, -0.2) is 0 Å². The Kier molecular flexibility index (Phi) is 9.60. The van der Waals surface area contributed by atoms with Gasteiger partial charge in [-0.1, -0.05) is 13.8 Å². The molecule has 0 saturated heterocycles. The van der Waals surface area contributed by atoms with Crippen molar-refractivity contribution in [1.82, 2.24) is 4.90 Å². The van der Waals surface area contributed by atoms with Gasteiger partial charge in [0.2, 0.25) is 0 Å². The number of nitrogens with zero attached hydrogens (tertiary/aromatic N) is 1. The highest BCUT2D eigenvalue weighted by Gasteiger charge is 2.15. The Hall–Kier alpha value is 0.230. The first-order valence-corrected chi connectivity index (χ1v) is 6.22. The molecule has 0 heterocycles. The summed E-state index contributed by atoms with van der Waals surface area (Å²) in [5.41, 5.74) is 0. The molecule has 0 aromatic rings. The number of aliphatic hydroxyl groups excluding tert-OH is 1. The summed E-state index contributed by atoms with van der Waals surface area (Å²) in [6, 6.07) is 0. The zero-order valence-corrected chi connectivity index (χ0v) is 11.0. The van der Waals surface area contributed by atoms with Gasteiger partial charge < -0.3 is 9.84 Å². The summed E-state index contributed by atoms with van der Waals surface area (Å²) in [6.45, 7) is 7.96. The molecule has 0 aromatic carbocycles. The summed E-state index contributed by atoms with van der Waals surface area (Å²) in [7, 11) is 1.70. The number of aliphatic hydroxyl groups is 1. The van der Waals surface area contributed by atoms with Crippen molar-refractivity contribution >= 4 is 12.6 Å². The summed E-state index contributed by atoms with van der Waals surface area (Å²) in [5.74, 6) is 2.11. The molecule has 0 amide bonds. The number of thiol groups is 1. The molecule has 4 heteroatoms. The Balaban J connectivity index is 3.99. The third-order valence-electron chi connectivity index (χ3n) is 2.70. The van der Waals surface area contributed by atoms with Crippen molar-refractivity contribution in [2.45, 2.75) is 13.8 Å². The Labute approximate surface area is 99.2 Å². The number of methoxy groups -OCH3 is 1. The van der Waals surface area contributed by atoms with E-state index in [-0.39, 0.29) is 6.61 Å². The molecule has 1 N–H and O–H groups in total. The molecule has 0 aliphatic heterocycles. The fourth-order valence-electron chi connectivity index (χ4n) is 1.47. The Morgan fingerprint density at radius 3 is 2.40 bits per heavy atom. The van der Waals surface area contributed by atoms with Crippen LogP contribution in [0.5, 0.6) is 0 Å². The fraction of sp³-hybridized carbons (Fsp3) is 1.00. The average Bonchev–Trinajstić information content (AvgIpc) is 2.21. The van der Waals surface area contributed by atoms with E-state index in [0.717, 1.165) is 32.0 Å². The quantitative estimate of drug-likeness (QED) is 0.588. The third kappa shape index (κ3) is 7.17. The van der Waals surface area contributed by atoms with Crippen molar-refractivity contribution in [3.8, 4) is 0 Å². The van der Waals surface area contributed by atoms with Crippen LogP contribution >= 0.6 is 12.6 Å². The average molecular weight is 235 g/mol. The van der Waals surface area contributed by atoms with E-state index in [9.17, 15) is 0 Å². The highest BCUT2D eigenvalue weighted by Crippen LogP contribution is 2.14. The molecule has 0 spiro atoms. The molecular weight excluding hydrogens is 210 g/mol. The first-order valence-electron chi connectivity index (χ1n) is 5.58. The van der Waals surface area contributed by atoms with E-state index in [1.165, 1.54) is 0 Å². The molecule has 0 saturated carbocycles. The van der Waals surface area contributed by atoms with E-state index in [4.69, 9.17) is 9.84 Å². The van der Waals surface area contributed by atoms with Gasteiger partial charge >= 0.3 is 0 Å². The maximum absolute atomic E-state index is 8.96. The van der Waals surface area contributed by atoms with E-state index in [1.54, 1.807) is 7.11 Å². The highest BCUT2D eigenvalue weighted by atomic mass is 32.1. The van der Waals surface area contributed by atoms with Gasteiger partial charge in [0.05, 0.1) is 13.2 Å². The molecule has 92 valence electrons. The van der Waals surface area contributed by atoms with Crippen molar-refractivity contribution in [1.29, 1.82) is 0 Å².